The second-order valence-corrected chi connectivity index (χ2v) is 11.8. The molecule has 1 spiro atoms. The molecule has 2 aliphatic rings. The SMILES string of the molecule is CNC(=O)c1cc(Br)cc([N+](=O)[O-])c1N1CC[C@]2(CN(C(=O)c3cncc4cc(O)ccc34)C[C@H]2c2ccccc2)C1. The number of hydrogen-bond donors (Lipinski definition) is 2. The second-order valence-electron chi connectivity index (χ2n) is 10.9. The minimum atomic E-state index is -0.456. The van der Waals surface area contributed by atoms with E-state index in [1.807, 2.05) is 28.0 Å². The minimum Gasteiger partial charge on any atom is -0.508 e. The van der Waals surface area contributed by atoms with E-state index in [0.717, 1.165) is 5.56 Å². The van der Waals surface area contributed by atoms with Gasteiger partial charge >= 0.3 is 0 Å². The first-order valence-electron chi connectivity index (χ1n) is 13.6. The highest BCUT2D eigenvalue weighted by Crippen LogP contribution is 2.51. The van der Waals surface area contributed by atoms with Gasteiger partial charge in [0.15, 0.2) is 0 Å². The molecule has 42 heavy (non-hydrogen) atoms. The number of phenols is 1. The predicted molar refractivity (Wildman–Crippen MR) is 162 cm³/mol. The van der Waals surface area contributed by atoms with E-state index in [2.05, 4.69) is 38.4 Å². The van der Waals surface area contributed by atoms with E-state index in [1.165, 1.54) is 13.1 Å². The quantitative estimate of drug-likeness (QED) is 0.232. The third kappa shape index (κ3) is 4.73. The number of aromatic hydroxyl groups is 1. The number of hydrogen-bond acceptors (Lipinski definition) is 7. The Morgan fingerprint density at radius 2 is 1.88 bits per heavy atom. The number of likely N-dealkylation sites (tertiary alicyclic amines) is 1. The molecule has 3 heterocycles. The number of nitro benzene ring substituents is 1. The molecule has 11 heteroatoms. The molecule has 2 saturated heterocycles. The maximum absolute atomic E-state index is 14.0. The van der Waals surface area contributed by atoms with Crippen LogP contribution in [-0.4, -0.2) is 65.0 Å². The molecule has 214 valence electrons. The molecular formula is C31H28BrN5O5. The molecule has 1 aromatic heterocycles. The lowest BCUT2D eigenvalue weighted by Gasteiger charge is -2.31. The van der Waals surface area contributed by atoms with Crippen LogP contribution in [0.15, 0.2) is 77.5 Å². The molecule has 2 amide bonds. The smallest absolute Gasteiger partial charge is 0.294 e. The number of carbonyl (C=O) groups excluding carboxylic acids is 2. The van der Waals surface area contributed by atoms with Crippen molar-refractivity contribution in [3.63, 3.8) is 0 Å². The number of pyridine rings is 1. The van der Waals surface area contributed by atoms with Gasteiger partial charge in [0.25, 0.3) is 17.5 Å². The average molecular weight is 630 g/mol. The van der Waals surface area contributed by atoms with Crippen molar-refractivity contribution < 1.29 is 19.6 Å². The van der Waals surface area contributed by atoms with Crippen molar-refractivity contribution in [1.82, 2.24) is 15.2 Å². The summed E-state index contributed by atoms with van der Waals surface area (Å²) in [5.74, 6) is -0.497. The highest BCUT2D eigenvalue weighted by Gasteiger charge is 2.53. The molecule has 0 saturated carbocycles. The number of phenolic OH excluding ortho intramolecular Hbond substituents is 1. The summed E-state index contributed by atoms with van der Waals surface area (Å²) in [4.78, 5) is 46.7. The number of halogens is 1. The third-order valence-corrected chi connectivity index (χ3v) is 8.99. The van der Waals surface area contributed by atoms with Crippen LogP contribution in [0.5, 0.6) is 5.75 Å². The van der Waals surface area contributed by atoms with Gasteiger partial charge in [-0.2, -0.15) is 0 Å². The largest absolute Gasteiger partial charge is 0.508 e. The molecule has 10 nitrogen and oxygen atoms in total. The summed E-state index contributed by atoms with van der Waals surface area (Å²) in [5, 5.41) is 26.1. The summed E-state index contributed by atoms with van der Waals surface area (Å²) in [6, 6.07) is 17.9. The Kier molecular flexibility index (Phi) is 7.05. The lowest BCUT2D eigenvalue weighted by molar-refractivity contribution is -0.384. The van der Waals surface area contributed by atoms with E-state index >= 15 is 0 Å². The van der Waals surface area contributed by atoms with Gasteiger partial charge in [0.2, 0.25) is 0 Å². The molecule has 0 radical (unpaired) electrons. The minimum absolute atomic E-state index is 0.0300. The molecular weight excluding hydrogens is 602 g/mol. The molecule has 0 unspecified atom stereocenters. The number of nitrogens with zero attached hydrogens (tertiary/aromatic N) is 4. The number of fused-ring (bicyclic) bond motifs is 1. The van der Waals surface area contributed by atoms with Gasteiger partial charge in [0.1, 0.15) is 11.4 Å². The maximum atomic E-state index is 14.0. The molecule has 6 rings (SSSR count). The average Bonchev–Trinajstić information content (AvgIpc) is 3.59. The normalized spacial score (nSPS) is 19.9. The Morgan fingerprint density at radius 1 is 1.10 bits per heavy atom. The fourth-order valence-electron chi connectivity index (χ4n) is 6.64. The van der Waals surface area contributed by atoms with Crippen molar-refractivity contribution in [3.8, 4) is 5.75 Å². The highest BCUT2D eigenvalue weighted by atomic mass is 79.9. The lowest BCUT2D eigenvalue weighted by atomic mass is 9.74. The number of aromatic nitrogens is 1. The van der Waals surface area contributed by atoms with Crippen LogP contribution in [0.4, 0.5) is 11.4 Å². The number of rotatable bonds is 5. The van der Waals surface area contributed by atoms with Crippen molar-refractivity contribution in [1.29, 1.82) is 0 Å². The first kappa shape index (κ1) is 27.6. The van der Waals surface area contributed by atoms with Gasteiger partial charge in [-0.15, -0.1) is 0 Å². The van der Waals surface area contributed by atoms with Crippen LogP contribution in [-0.2, 0) is 0 Å². The zero-order valence-electron chi connectivity index (χ0n) is 22.8. The van der Waals surface area contributed by atoms with Crippen LogP contribution in [0.1, 0.15) is 38.6 Å². The van der Waals surface area contributed by atoms with E-state index in [4.69, 9.17) is 0 Å². The van der Waals surface area contributed by atoms with E-state index < -0.39 is 16.2 Å². The summed E-state index contributed by atoms with van der Waals surface area (Å²) in [5.41, 5.74) is 1.50. The van der Waals surface area contributed by atoms with Crippen molar-refractivity contribution >= 4 is 49.9 Å². The molecule has 4 aromatic rings. The van der Waals surface area contributed by atoms with Crippen LogP contribution >= 0.6 is 15.9 Å². The standard InChI is InChI=1S/C31H28BrN5O5/c1-33-29(39)24-12-21(32)13-27(37(41)42)28(24)35-10-9-31(17-35)18-36(16-26(31)19-5-3-2-4-6-19)30(40)25-15-34-14-20-11-22(38)7-8-23(20)25/h2-8,11-15,26,38H,9-10,16-18H2,1H3,(H,33,39)/t26-,31+/m0/s1. The van der Waals surface area contributed by atoms with Crippen LogP contribution < -0.4 is 10.2 Å². The number of benzene rings is 3. The first-order chi connectivity index (χ1) is 20.2. The summed E-state index contributed by atoms with van der Waals surface area (Å²) >= 11 is 3.32. The van der Waals surface area contributed by atoms with E-state index in [1.54, 1.807) is 36.7 Å². The van der Waals surface area contributed by atoms with Crippen LogP contribution in [0.2, 0.25) is 0 Å². The second kappa shape index (κ2) is 10.7. The molecule has 2 aliphatic heterocycles. The number of carbonyl (C=O) groups is 2. The lowest BCUT2D eigenvalue weighted by Crippen LogP contribution is -2.36. The van der Waals surface area contributed by atoms with Crippen molar-refractivity contribution in [2.45, 2.75) is 12.3 Å². The summed E-state index contributed by atoms with van der Waals surface area (Å²) < 4.78 is 0.447. The Bertz CT molecular complexity index is 1730. The van der Waals surface area contributed by atoms with Gasteiger partial charge in [0.05, 0.1) is 16.1 Å². The maximum Gasteiger partial charge on any atom is 0.294 e. The Morgan fingerprint density at radius 3 is 2.62 bits per heavy atom. The molecule has 2 atom stereocenters. The van der Waals surface area contributed by atoms with Gasteiger partial charge in [0, 0.05) is 72.9 Å². The Balaban J connectivity index is 1.40. The third-order valence-electron chi connectivity index (χ3n) is 8.53. The molecule has 2 N–H and O–H groups in total. The fraction of sp³-hybridized carbons (Fsp3) is 0.258. The van der Waals surface area contributed by atoms with Crippen LogP contribution in [0.3, 0.4) is 0 Å². The molecule has 0 bridgehead atoms. The molecule has 0 aliphatic carbocycles. The first-order valence-corrected chi connectivity index (χ1v) is 14.4. The number of anilines is 1. The zero-order valence-corrected chi connectivity index (χ0v) is 24.4. The van der Waals surface area contributed by atoms with Gasteiger partial charge in [-0.3, -0.25) is 24.7 Å². The summed E-state index contributed by atoms with van der Waals surface area (Å²) in [6.45, 7) is 1.84. The van der Waals surface area contributed by atoms with E-state index in [0.29, 0.717) is 53.4 Å². The number of nitro groups is 1. The van der Waals surface area contributed by atoms with Crippen molar-refractivity contribution in [2.24, 2.45) is 5.41 Å². The molecule has 3 aromatic carbocycles. The van der Waals surface area contributed by atoms with Gasteiger partial charge in [-0.25, -0.2) is 0 Å². The van der Waals surface area contributed by atoms with Crippen molar-refractivity contribution in [2.75, 3.05) is 38.1 Å². The number of nitrogens with one attached hydrogen (secondary N) is 1. The fourth-order valence-corrected chi connectivity index (χ4v) is 7.08. The number of amides is 2. The van der Waals surface area contributed by atoms with E-state index in [-0.39, 0.29) is 34.5 Å². The van der Waals surface area contributed by atoms with Gasteiger partial charge in [-0.1, -0.05) is 46.3 Å². The molecule has 2 fully saturated rings. The van der Waals surface area contributed by atoms with Gasteiger partial charge < -0.3 is 20.2 Å². The van der Waals surface area contributed by atoms with Gasteiger partial charge in [-0.05, 0) is 41.6 Å². The summed E-state index contributed by atoms with van der Waals surface area (Å²) in [6.07, 6.45) is 3.86. The monoisotopic (exact) mass is 629 g/mol. The van der Waals surface area contributed by atoms with E-state index in [9.17, 15) is 24.8 Å². The summed E-state index contributed by atoms with van der Waals surface area (Å²) in [7, 11) is 1.50. The van der Waals surface area contributed by atoms with Crippen LogP contribution in [0.25, 0.3) is 10.8 Å². The zero-order chi connectivity index (χ0) is 29.6. The highest BCUT2D eigenvalue weighted by molar-refractivity contribution is 9.10. The predicted octanol–water partition coefficient (Wildman–Crippen LogP) is 5.11. The van der Waals surface area contributed by atoms with Crippen molar-refractivity contribution in [3.05, 3.63) is 104 Å². The van der Waals surface area contributed by atoms with Crippen LogP contribution in [0, 0.1) is 15.5 Å². The topological polar surface area (TPSA) is 129 Å². The Labute approximate surface area is 250 Å². The Hall–Kier alpha value is -4.51.